The zero-order valence-electron chi connectivity index (χ0n) is 16.2. The molecule has 140 valence electrons. The molecule has 0 saturated heterocycles. The maximum atomic E-state index is 4.61. The van der Waals surface area contributed by atoms with Gasteiger partial charge in [-0.3, -0.25) is 0 Å². The van der Waals surface area contributed by atoms with Gasteiger partial charge < -0.3 is 0 Å². The number of hydrogen-bond acceptors (Lipinski definition) is 2. The zero-order chi connectivity index (χ0) is 19.7. The van der Waals surface area contributed by atoms with Gasteiger partial charge in [0, 0.05) is 0 Å². The van der Waals surface area contributed by atoms with Gasteiger partial charge >= 0.3 is 0 Å². The fraction of sp³-hybridized carbons (Fsp3) is 0.0741. The smallest absolute Gasteiger partial charge is 0.0815 e. The number of aryl methyl sites for hydroxylation is 1. The van der Waals surface area contributed by atoms with Crippen LogP contribution < -0.4 is 0 Å². The first-order valence-corrected chi connectivity index (χ1v) is 10.7. The van der Waals surface area contributed by atoms with E-state index in [0.717, 1.165) is 5.52 Å². The first kappa shape index (κ1) is 17.8. The Bertz CT molecular complexity index is 1220. The quantitative estimate of drug-likeness (QED) is 0.301. The first-order valence-electron chi connectivity index (χ1n) is 9.81. The lowest BCUT2D eigenvalue weighted by Gasteiger charge is -2.38. The highest BCUT2D eigenvalue weighted by Crippen LogP contribution is 2.46. The van der Waals surface area contributed by atoms with Crippen molar-refractivity contribution in [2.45, 2.75) is 12.3 Å². The van der Waals surface area contributed by atoms with Crippen LogP contribution in [0.4, 0.5) is 0 Å². The number of benzene rings is 4. The highest BCUT2D eigenvalue weighted by atomic mass is 32.1. The predicted molar refractivity (Wildman–Crippen MR) is 123 cm³/mol. The molecule has 1 nitrogen and oxygen atoms in total. The van der Waals surface area contributed by atoms with E-state index in [1.54, 1.807) is 11.3 Å². The van der Waals surface area contributed by atoms with Crippen molar-refractivity contribution in [3.8, 4) is 0 Å². The molecule has 0 aliphatic carbocycles. The van der Waals surface area contributed by atoms with Crippen LogP contribution in [0.15, 0.2) is 109 Å². The van der Waals surface area contributed by atoms with Crippen molar-refractivity contribution in [1.82, 2.24) is 4.98 Å². The Balaban J connectivity index is 1.95. The number of fused-ring (bicyclic) bond motifs is 1. The molecule has 0 spiro atoms. The topological polar surface area (TPSA) is 12.9 Å². The summed E-state index contributed by atoms with van der Waals surface area (Å²) in [6, 6.07) is 37.1. The van der Waals surface area contributed by atoms with Crippen molar-refractivity contribution in [3.63, 3.8) is 0 Å². The van der Waals surface area contributed by atoms with E-state index in [1.807, 2.05) is 5.51 Å². The van der Waals surface area contributed by atoms with Crippen molar-refractivity contribution >= 4 is 21.6 Å². The van der Waals surface area contributed by atoms with Crippen molar-refractivity contribution < 1.29 is 0 Å². The van der Waals surface area contributed by atoms with Gasteiger partial charge in [-0.05, 0) is 46.9 Å². The Morgan fingerprint density at radius 3 is 1.93 bits per heavy atom. The lowest BCUT2D eigenvalue weighted by molar-refractivity contribution is 0.739. The van der Waals surface area contributed by atoms with Gasteiger partial charge in [-0.2, -0.15) is 0 Å². The summed E-state index contributed by atoms with van der Waals surface area (Å²) >= 11 is 1.69. The number of hydrogen-bond donors (Lipinski definition) is 0. The van der Waals surface area contributed by atoms with E-state index in [-0.39, 0.29) is 0 Å². The SMILES string of the molecule is Cc1ccccc1C(c1ccccc1)(c1ccccc1)c1ccc2scnc2c1. The molecule has 0 amide bonds. The van der Waals surface area contributed by atoms with Gasteiger partial charge in [0.25, 0.3) is 0 Å². The molecular weight excluding hydrogens is 370 g/mol. The van der Waals surface area contributed by atoms with Gasteiger partial charge in [0.2, 0.25) is 0 Å². The standard InChI is InChI=1S/C27H21NS/c1-20-10-8-9-15-24(20)27(21-11-4-2-5-12-21,22-13-6-3-7-14-22)23-16-17-26-25(18-23)28-19-29-26/h2-19H,1H3. The third kappa shape index (κ3) is 2.88. The molecular formula is C27H21NS. The zero-order valence-corrected chi connectivity index (χ0v) is 17.1. The lowest BCUT2D eigenvalue weighted by Crippen LogP contribution is -2.31. The third-order valence-electron chi connectivity index (χ3n) is 5.73. The van der Waals surface area contributed by atoms with Crippen molar-refractivity contribution in [2.75, 3.05) is 0 Å². The fourth-order valence-corrected chi connectivity index (χ4v) is 5.09. The van der Waals surface area contributed by atoms with E-state index in [1.165, 1.54) is 32.5 Å². The summed E-state index contributed by atoms with van der Waals surface area (Å²) < 4.78 is 1.22. The molecule has 4 aromatic carbocycles. The van der Waals surface area contributed by atoms with Gasteiger partial charge in [-0.1, -0.05) is 91.0 Å². The Morgan fingerprint density at radius 2 is 1.28 bits per heavy atom. The van der Waals surface area contributed by atoms with Crippen LogP contribution in [0.3, 0.4) is 0 Å². The number of nitrogens with zero attached hydrogens (tertiary/aromatic N) is 1. The maximum absolute atomic E-state index is 4.61. The summed E-state index contributed by atoms with van der Waals surface area (Å²) in [4.78, 5) is 4.61. The number of aromatic nitrogens is 1. The predicted octanol–water partition coefficient (Wildman–Crippen LogP) is 6.99. The van der Waals surface area contributed by atoms with Crippen molar-refractivity contribution in [1.29, 1.82) is 0 Å². The molecule has 5 rings (SSSR count). The van der Waals surface area contributed by atoms with Gasteiger partial charge in [-0.25, -0.2) is 4.98 Å². The summed E-state index contributed by atoms with van der Waals surface area (Å²) in [5, 5.41) is 0. The second-order valence-electron chi connectivity index (χ2n) is 7.33. The molecule has 0 aliphatic rings. The van der Waals surface area contributed by atoms with Crippen LogP contribution in [0.2, 0.25) is 0 Å². The molecule has 5 aromatic rings. The van der Waals surface area contributed by atoms with Crippen molar-refractivity contribution in [2.24, 2.45) is 0 Å². The Labute approximate surface area is 175 Å². The van der Waals surface area contributed by atoms with Crippen LogP contribution >= 0.6 is 11.3 Å². The molecule has 0 fully saturated rings. The molecule has 0 bridgehead atoms. The first-order chi connectivity index (χ1) is 14.3. The van der Waals surface area contributed by atoms with E-state index < -0.39 is 5.41 Å². The van der Waals surface area contributed by atoms with Crippen LogP contribution in [-0.4, -0.2) is 4.98 Å². The Kier molecular flexibility index (Phi) is 4.49. The molecule has 0 aliphatic heterocycles. The van der Waals surface area contributed by atoms with Crippen LogP contribution in [0.25, 0.3) is 10.2 Å². The highest BCUT2D eigenvalue weighted by molar-refractivity contribution is 7.16. The van der Waals surface area contributed by atoms with Gasteiger partial charge in [-0.15, -0.1) is 11.3 Å². The molecule has 0 saturated carbocycles. The minimum absolute atomic E-state index is 0.411. The summed E-state index contributed by atoms with van der Waals surface area (Å²) in [6.07, 6.45) is 0. The van der Waals surface area contributed by atoms with E-state index in [0.29, 0.717) is 0 Å². The highest BCUT2D eigenvalue weighted by Gasteiger charge is 2.39. The number of thiazole rings is 1. The fourth-order valence-electron chi connectivity index (χ4n) is 4.43. The number of rotatable bonds is 4. The lowest BCUT2D eigenvalue weighted by atomic mass is 9.64. The minimum atomic E-state index is -0.411. The van der Waals surface area contributed by atoms with Crippen LogP contribution in [-0.2, 0) is 5.41 Å². The van der Waals surface area contributed by atoms with E-state index in [4.69, 9.17) is 0 Å². The molecule has 0 atom stereocenters. The third-order valence-corrected chi connectivity index (χ3v) is 6.54. The normalized spacial score (nSPS) is 11.6. The van der Waals surface area contributed by atoms with Crippen LogP contribution in [0, 0.1) is 6.92 Å². The average molecular weight is 392 g/mol. The molecule has 1 heterocycles. The summed E-state index contributed by atoms with van der Waals surface area (Å²) in [5.74, 6) is 0. The van der Waals surface area contributed by atoms with Gasteiger partial charge in [0.15, 0.2) is 0 Å². The largest absolute Gasteiger partial charge is 0.245 e. The monoisotopic (exact) mass is 391 g/mol. The molecule has 29 heavy (non-hydrogen) atoms. The summed E-state index contributed by atoms with van der Waals surface area (Å²) in [5.41, 5.74) is 8.90. The van der Waals surface area contributed by atoms with Gasteiger partial charge in [0.05, 0.1) is 21.1 Å². The molecule has 1 aromatic heterocycles. The van der Waals surface area contributed by atoms with E-state index >= 15 is 0 Å². The Morgan fingerprint density at radius 1 is 0.655 bits per heavy atom. The maximum Gasteiger partial charge on any atom is 0.0815 e. The van der Waals surface area contributed by atoms with E-state index in [2.05, 4.69) is 115 Å². The Hall–Kier alpha value is -3.23. The second-order valence-corrected chi connectivity index (χ2v) is 8.22. The molecule has 0 N–H and O–H groups in total. The molecule has 2 heteroatoms. The molecule has 0 radical (unpaired) electrons. The second kappa shape index (κ2) is 7.31. The molecule has 0 unspecified atom stereocenters. The van der Waals surface area contributed by atoms with E-state index in [9.17, 15) is 0 Å². The minimum Gasteiger partial charge on any atom is -0.245 e. The van der Waals surface area contributed by atoms with Crippen molar-refractivity contribution in [3.05, 3.63) is 136 Å². The van der Waals surface area contributed by atoms with Gasteiger partial charge in [0.1, 0.15) is 0 Å². The van der Waals surface area contributed by atoms with Crippen LogP contribution in [0.5, 0.6) is 0 Å². The summed E-state index contributed by atoms with van der Waals surface area (Å²) in [6.45, 7) is 2.21. The summed E-state index contributed by atoms with van der Waals surface area (Å²) in [7, 11) is 0. The van der Waals surface area contributed by atoms with Crippen LogP contribution in [0.1, 0.15) is 27.8 Å². The average Bonchev–Trinajstić information content (AvgIpc) is 3.25.